The maximum atomic E-state index is 5.89. The quantitative estimate of drug-likeness (QED) is 0.553. The summed E-state index contributed by atoms with van der Waals surface area (Å²) in [5.74, 6) is 0.701. The second-order valence-corrected chi connectivity index (χ2v) is 4.58. The highest BCUT2D eigenvalue weighted by Gasteiger charge is 2.09. The number of hydrogen-bond acceptors (Lipinski definition) is 3. The Morgan fingerprint density at radius 1 is 1.64 bits per heavy atom. The molecule has 1 aromatic heterocycles. The van der Waals surface area contributed by atoms with Crippen LogP contribution in [0, 0.1) is 5.92 Å². The van der Waals surface area contributed by atoms with Gasteiger partial charge in [-0.05, 0) is 5.92 Å². The van der Waals surface area contributed by atoms with Gasteiger partial charge in [0.2, 0.25) is 0 Å². The molecule has 14 heavy (non-hydrogen) atoms. The molecule has 0 aliphatic heterocycles. The lowest BCUT2D eigenvalue weighted by molar-refractivity contribution is 0.259. The van der Waals surface area contributed by atoms with E-state index in [9.17, 15) is 0 Å². The molecule has 0 aromatic carbocycles. The molecule has 0 radical (unpaired) electrons. The van der Waals surface area contributed by atoms with Crippen molar-refractivity contribution in [3.05, 3.63) is 16.6 Å². The third-order valence-corrected chi connectivity index (χ3v) is 3.28. The molecule has 0 amide bonds. The molecule has 0 saturated heterocycles. The van der Waals surface area contributed by atoms with Crippen molar-refractivity contribution < 1.29 is 0 Å². The van der Waals surface area contributed by atoms with E-state index in [-0.39, 0.29) is 0 Å². The Balaban J connectivity index is 2.39. The topological polar surface area (TPSA) is 16.1 Å². The molecule has 80 valence electrons. The summed E-state index contributed by atoms with van der Waals surface area (Å²) in [5, 5.41) is 2.08. The molecule has 0 aliphatic carbocycles. The Bertz CT molecular complexity index is 238. The van der Waals surface area contributed by atoms with E-state index in [1.807, 2.05) is 5.51 Å². The van der Waals surface area contributed by atoms with Crippen LogP contribution in [0.5, 0.6) is 0 Å². The minimum atomic E-state index is 0.585. The van der Waals surface area contributed by atoms with Crippen molar-refractivity contribution in [2.24, 2.45) is 5.92 Å². The zero-order chi connectivity index (χ0) is 10.4. The van der Waals surface area contributed by atoms with E-state index in [1.165, 1.54) is 6.42 Å². The molecular formula is C10H17ClN2S. The Labute approximate surface area is 94.9 Å². The first kappa shape index (κ1) is 12.0. The van der Waals surface area contributed by atoms with Crippen molar-refractivity contribution in [2.45, 2.75) is 26.8 Å². The maximum absolute atomic E-state index is 5.89. The molecule has 0 fully saturated rings. The summed E-state index contributed by atoms with van der Waals surface area (Å²) >= 11 is 7.52. The van der Waals surface area contributed by atoms with E-state index in [0.717, 1.165) is 18.8 Å². The first-order valence-corrected chi connectivity index (χ1v) is 6.39. The highest BCUT2D eigenvalue weighted by Crippen LogP contribution is 2.10. The van der Waals surface area contributed by atoms with Crippen LogP contribution in [0.25, 0.3) is 0 Å². The Morgan fingerprint density at radius 2 is 2.43 bits per heavy atom. The van der Waals surface area contributed by atoms with Crippen LogP contribution >= 0.6 is 22.9 Å². The molecule has 0 aliphatic rings. The first-order chi connectivity index (χ1) is 6.76. The molecule has 0 spiro atoms. The lowest BCUT2D eigenvalue weighted by atomic mass is 10.1. The average molecular weight is 233 g/mol. The van der Waals surface area contributed by atoms with Crippen molar-refractivity contribution in [1.82, 2.24) is 9.88 Å². The third kappa shape index (κ3) is 3.95. The molecule has 1 unspecified atom stereocenters. The predicted molar refractivity (Wildman–Crippen MR) is 62.7 cm³/mol. The van der Waals surface area contributed by atoms with Gasteiger partial charge in [-0.15, -0.1) is 22.9 Å². The van der Waals surface area contributed by atoms with Crippen LogP contribution in [0.4, 0.5) is 0 Å². The van der Waals surface area contributed by atoms with E-state index in [4.69, 9.17) is 11.6 Å². The average Bonchev–Trinajstić information content (AvgIpc) is 2.69. The van der Waals surface area contributed by atoms with Gasteiger partial charge < -0.3 is 0 Å². The van der Waals surface area contributed by atoms with Gasteiger partial charge in [-0.2, -0.15) is 0 Å². The summed E-state index contributed by atoms with van der Waals surface area (Å²) in [6.45, 7) is 6.38. The van der Waals surface area contributed by atoms with E-state index >= 15 is 0 Å². The standard InChI is InChI=1S/C10H17ClN2S/c1-3-9(2)4-13(7-11)5-10-6-14-8-12-10/h6,8-9H,3-5,7H2,1-2H3. The summed E-state index contributed by atoms with van der Waals surface area (Å²) in [4.78, 5) is 6.48. The SMILES string of the molecule is CCC(C)CN(CCl)Cc1cscn1. The van der Waals surface area contributed by atoms with Crippen molar-refractivity contribution in [1.29, 1.82) is 0 Å². The van der Waals surface area contributed by atoms with Gasteiger partial charge in [-0.25, -0.2) is 4.98 Å². The fraction of sp³-hybridized carbons (Fsp3) is 0.700. The van der Waals surface area contributed by atoms with Crippen molar-refractivity contribution in [3.8, 4) is 0 Å². The van der Waals surface area contributed by atoms with Crippen LogP contribution < -0.4 is 0 Å². The van der Waals surface area contributed by atoms with Gasteiger partial charge in [0, 0.05) is 18.5 Å². The highest BCUT2D eigenvalue weighted by atomic mass is 35.5. The second kappa shape index (κ2) is 6.38. The fourth-order valence-electron chi connectivity index (χ4n) is 1.27. The molecule has 0 bridgehead atoms. The molecule has 1 rings (SSSR count). The van der Waals surface area contributed by atoms with Gasteiger partial charge in [0.15, 0.2) is 0 Å². The van der Waals surface area contributed by atoms with E-state index in [2.05, 4.69) is 29.1 Å². The van der Waals surface area contributed by atoms with E-state index < -0.39 is 0 Å². The van der Waals surface area contributed by atoms with Crippen LogP contribution in [-0.4, -0.2) is 22.4 Å². The Hall–Kier alpha value is -0.120. The largest absolute Gasteiger partial charge is 0.284 e. The molecular weight excluding hydrogens is 216 g/mol. The van der Waals surface area contributed by atoms with E-state index in [1.54, 1.807) is 11.3 Å². The predicted octanol–water partition coefficient (Wildman–Crippen LogP) is 3.19. The van der Waals surface area contributed by atoms with Gasteiger partial charge >= 0.3 is 0 Å². The molecule has 0 N–H and O–H groups in total. The third-order valence-electron chi connectivity index (χ3n) is 2.30. The monoisotopic (exact) mass is 232 g/mol. The van der Waals surface area contributed by atoms with Crippen LogP contribution in [-0.2, 0) is 6.54 Å². The molecule has 0 saturated carbocycles. The van der Waals surface area contributed by atoms with E-state index in [0.29, 0.717) is 11.9 Å². The number of rotatable bonds is 6. The minimum Gasteiger partial charge on any atom is -0.284 e. The van der Waals surface area contributed by atoms with Crippen molar-refractivity contribution in [3.63, 3.8) is 0 Å². The first-order valence-electron chi connectivity index (χ1n) is 4.91. The molecule has 2 nitrogen and oxygen atoms in total. The molecule has 4 heteroatoms. The van der Waals surface area contributed by atoms with Crippen LogP contribution in [0.1, 0.15) is 26.0 Å². The Morgan fingerprint density at radius 3 is 2.93 bits per heavy atom. The number of aromatic nitrogens is 1. The number of thiazole rings is 1. The van der Waals surface area contributed by atoms with Crippen LogP contribution in [0.2, 0.25) is 0 Å². The van der Waals surface area contributed by atoms with Gasteiger partial charge in [-0.3, -0.25) is 4.90 Å². The van der Waals surface area contributed by atoms with Gasteiger partial charge in [0.1, 0.15) is 0 Å². The number of hydrogen-bond donors (Lipinski definition) is 0. The molecule has 1 heterocycles. The lowest BCUT2D eigenvalue weighted by Gasteiger charge is -2.21. The summed E-state index contributed by atoms with van der Waals surface area (Å²) in [6, 6.07) is 0.585. The summed E-state index contributed by atoms with van der Waals surface area (Å²) in [5.41, 5.74) is 2.99. The number of halogens is 1. The highest BCUT2D eigenvalue weighted by molar-refractivity contribution is 7.07. The van der Waals surface area contributed by atoms with Crippen molar-refractivity contribution in [2.75, 3.05) is 12.5 Å². The second-order valence-electron chi connectivity index (χ2n) is 3.62. The molecule has 1 atom stereocenters. The normalized spacial score (nSPS) is 13.4. The zero-order valence-electron chi connectivity index (χ0n) is 8.74. The van der Waals surface area contributed by atoms with Gasteiger partial charge in [0.05, 0.1) is 17.2 Å². The molecule has 1 aromatic rings. The van der Waals surface area contributed by atoms with Crippen LogP contribution in [0.15, 0.2) is 10.9 Å². The van der Waals surface area contributed by atoms with Gasteiger partial charge in [0.25, 0.3) is 0 Å². The summed E-state index contributed by atoms with van der Waals surface area (Å²) in [6.07, 6.45) is 1.20. The Kier molecular flexibility index (Phi) is 5.45. The minimum absolute atomic E-state index is 0.585. The number of nitrogens with zero attached hydrogens (tertiary/aromatic N) is 2. The zero-order valence-corrected chi connectivity index (χ0v) is 10.3. The van der Waals surface area contributed by atoms with Crippen molar-refractivity contribution >= 4 is 22.9 Å². The smallest absolute Gasteiger partial charge is 0.0795 e. The van der Waals surface area contributed by atoms with Gasteiger partial charge in [-0.1, -0.05) is 20.3 Å². The summed E-state index contributed by atoms with van der Waals surface area (Å²) in [7, 11) is 0. The van der Waals surface area contributed by atoms with Crippen LogP contribution in [0.3, 0.4) is 0 Å². The summed E-state index contributed by atoms with van der Waals surface area (Å²) < 4.78 is 0. The lowest BCUT2D eigenvalue weighted by Crippen LogP contribution is -2.27. The number of alkyl halides is 1. The fourth-order valence-corrected chi connectivity index (χ4v) is 2.00. The maximum Gasteiger partial charge on any atom is 0.0795 e.